The minimum Gasteiger partial charge on any atom is -0.396 e. The molecule has 0 N–H and O–H groups in total. The lowest BCUT2D eigenvalue weighted by Gasteiger charge is -2.35. The number of hydrogen-bond donors (Lipinski definition) is 0. The summed E-state index contributed by atoms with van der Waals surface area (Å²) in [5.41, 5.74) is 1.74. The van der Waals surface area contributed by atoms with Gasteiger partial charge in [-0.2, -0.15) is 0 Å². The maximum absolute atomic E-state index is 5.24. The van der Waals surface area contributed by atoms with Gasteiger partial charge < -0.3 is 4.84 Å². The molecule has 68 valence electrons. The summed E-state index contributed by atoms with van der Waals surface area (Å²) in [5, 5.41) is 4.12. The zero-order chi connectivity index (χ0) is 8.60. The fourth-order valence-corrected chi connectivity index (χ4v) is 1.64. The van der Waals surface area contributed by atoms with Crippen LogP contribution in [0.2, 0.25) is 0 Å². The lowest BCUT2D eigenvalue weighted by atomic mass is 9.71. The molecule has 0 heterocycles. The first-order valence-electron chi connectivity index (χ1n) is 4.83. The Balaban J connectivity index is 1.65. The van der Waals surface area contributed by atoms with Gasteiger partial charge in [-0.05, 0) is 37.0 Å². The van der Waals surface area contributed by atoms with E-state index in [4.69, 9.17) is 4.84 Å². The summed E-state index contributed by atoms with van der Waals surface area (Å²) in [5.74, 6) is 0.822. The molecule has 0 atom stereocenters. The van der Waals surface area contributed by atoms with Crippen LogP contribution in [0.3, 0.4) is 0 Å². The average molecular weight is 167 g/mol. The van der Waals surface area contributed by atoms with Crippen LogP contribution in [0, 0.1) is 11.3 Å². The Morgan fingerprint density at radius 2 is 2.08 bits per heavy atom. The molecule has 0 aliphatic heterocycles. The van der Waals surface area contributed by atoms with E-state index >= 15 is 0 Å². The van der Waals surface area contributed by atoms with E-state index in [1.807, 2.05) is 0 Å². The summed E-state index contributed by atoms with van der Waals surface area (Å²) in [7, 11) is 0. The Hall–Kier alpha value is -0.530. The second-order valence-corrected chi connectivity index (χ2v) is 4.91. The van der Waals surface area contributed by atoms with Gasteiger partial charge in [0.25, 0.3) is 0 Å². The fraction of sp³-hybridized carbons (Fsp3) is 0.900. The van der Waals surface area contributed by atoms with Crippen molar-refractivity contribution in [2.75, 3.05) is 6.61 Å². The van der Waals surface area contributed by atoms with Gasteiger partial charge in [0.2, 0.25) is 0 Å². The maximum Gasteiger partial charge on any atom is 0.120 e. The van der Waals surface area contributed by atoms with Crippen molar-refractivity contribution < 1.29 is 4.84 Å². The molecule has 0 aromatic carbocycles. The molecule has 0 saturated heterocycles. The van der Waals surface area contributed by atoms with E-state index < -0.39 is 0 Å². The first kappa shape index (κ1) is 8.09. The minimum atomic E-state index is 0.488. The molecular formula is C10H17NO. The van der Waals surface area contributed by atoms with E-state index in [1.165, 1.54) is 18.6 Å². The van der Waals surface area contributed by atoms with E-state index in [-0.39, 0.29) is 0 Å². The Morgan fingerprint density at radius 1 is 1.42 bits per heavy atom. The fourth-order valence-electron chi connectivity index (χ4n) is 1.64. The van der Waals surface area contributed by atoms with Crippen molar-refractivity contribution in [3.63, 3.8) is 0 Å². The molecule has 0 radical (unpaired) electrons. The predicted molar refractivity (Wildman–Crippen MR) is 49.1 cm³/mol. The van der Waals surface area contributed by atoms with Crippen LogP contribution in [0.25, 0.3) is 0 Å². The third-order valence-electron chi connectivity index (χ3n) is 2.57. The maximum atomic E-state index is 5.24. The van der Waals surface area contributed by atoms with E-state index in [2.05, 4.69) is 19.0 Å². The van der Waals surface area contributed by atoms with Crippen molar-refractivity contribution in [2.24, 2.45) is 16.5 Å². The summed E-state index contributed by atoms with van der Waals surface area (Å²) in [6.45, 7) is 5.39. The lowest BCUT2D eigenvalue weighted by molar-refractivity contribution is 0.127. The first-order chi connectivity index (χ1) is 5.66. The molecule has 0 aromatic rings. The molecule has 0 spiro atoms. The zero-order valence-corrected chi connectivity index (χ0v) is 7.97. The largest absolute Gasteiger partial charge is 0.396 e. The summed E-state index contributed by atoms with van der Waals surface area (Å²) in [6.07, 6.45) is 4.93. The highest BCUT2D eigenvalue weighted by Crippen LogP contribution is 2.37. The SMILES string of the molecule is CC1(C)CC(=NOCC2CC2)C1. The zero-order valence-electron chi connectivity index (χ0n) is 7.97. The Bertz CT molecular complexity index is 194. The Kier molecular flexibility index (Phi) is 1.85. The van der Waals surface area contributed by atoms with Crippen molar-refractivity contribution in [1.29, 1.82) is 0 Å². The first-order valence-corrected chi connectivity index (χ1v) is 4.83. The van der Waals surface area contributed by atoms with E-state index in [1.54, 1.807) is 0 Å². The van der Waals surface area contributed by atoms with Crippen molar-refractivity contribution in [2.45, 2.75) is 39.5 Å². The standard InChI is InChI=1S/C10H17NO/c1-10(2)5-9(6-10)11-12-7-8-3-4-8/h8H,3-7H2,1-2H3. The molecule has 12 heavy (non-hydrogen) atoms. The number of rotatable bonds is 3. The predicted octanol–water partition coefficient (Wildman–Crippen LogP) is 2.59. The molecule has 0 bridgehead atoms. The average Bonchev–Trinajstić information content (AvgIpc) is 2.67. The van der Waals surface area contributed by atoms with Gasteiger partial charge in [-0.15, -0.1) is 0 Å². The molecule has 0 aromatic heterocycles. The van der Waals surface area contributed by atoms with Crippen LogP contribution in [0.4, 0.5) is 0 Å². The second kappa shape index (κ2) is 2.75. The van der Waals surface area contributed by atoms with E-state index in [0.29, 0.717) is 5.41 Å². The normalized spacial score (nSPS) is 26.3. The minimum absolute atomic E-state index is 0.488. The highest BCUT2D eigenvalue weighted by Gasteiger charge is 2.33. The van der Waals surface area contributed by atoms with Gasteiger partial charge in [-0.3, -0.25) is 0 Å². The van der Waals surface area contributed by atoms with Gasteiger partial charge >= 0.3 is 0 Å². The quantitative estimate of drug-likeness (QED) is 0.592. The molecule has 0 amide bonds. The van der Waals surface area contributed by atoms with Crippen molar-refractivity contribution in [3.05, 3.63) is 0 Å². The van der Waals surface area contributed by atoms with Gasteiger partial charge in [0.05, 0.1) is 5.71 Å². The molecule has 2 aliphatic rings. The molecule has 2 rings (SSSR count). The highest BCUT2D eigenvalue weighted by molar-refractivity contribution is 5.90. The summed E-state index contributed by atoms with van der Waals surface area (Å²) >= 11 is 0. The summed E-state index contributed by atoms with van der Waals surface area (Å²) < 4.78 is 0. The van der Waals surface area contributed by atoms with Gasteiger partial charge in [0, 0.05) is 0 Å². The van der Waals surface area contributed by atoms with Gasteiger partial charge in [-0.1, -0.05) is 19.0 Å². The van der Waals surface area contributed by atoms with Crippen LogP contribution in [0.15, 0.2) is 5.16 Å². The summed E-state index contributed by atoms with van der Waals surface area (Å²) in [4.78, 5) is 5.24. The molecule has 2 aliphatic carbocycles. The Morgan fingerprint density at radius 3 is 2.58 bits per heavy atom. The van der Waals surface area contributed by atoms with Gasteiger partial charge in [0.15, 0.2) is 0 Å². The molecule has 2 fully saturated rings. The third kappa shape index (κ3) is 1.99. The molecule has 0 unspecified atom stereocenters. The highest BCUT2D eigenvalue weighted by atomic mass is 16.6. The van der Waals surface area contributed by atoms with Crippen molar-refractivity contribution in [3.8, 4) is 0 Å². The lowest BCUT2D eigenvalue weighted by Crippen LogP contribution is -2.31. The topological polar surface area (TPSA) is 21.6 Å². The molecule has 2 saturated carbocycles. The third-order valence-corrected chi connectivity index (χ3v) is 2.57. The van der Waals surface area contributed by atoms with Gasteiger partial charge in [0.1, 0.15) is 6.61 Å². The second-order valence-electron chi connectivity index (χ2n) is 4.91. The van der Waals surface area contributed by atoms with E-state index in [9.17, 15) is 0 Å². The monoisotopic (exact) mass is 167 g/mol. The molecular weight excluding hydrogens is 150 g/mol. The van der Waals surface area contributed by atoms with Crippen LogP contribution >= 0.6 is 0 Å². The van der Waals surface area contributed by atoms with Crippen LogP contribution in [-0.4, -0.2) is 12.3 Å². The number of nitrogens with zero attached hydrogens (tertiary/aromatic N) is 1. The smallest absolute Gasteiger partial charge is 0.120 e. The Labute approximate surface area is 74.0 Å². The number of hydrogen-bond acceptors (Lipinski definition) is 2. The molecule has 2 nitrogen and oxygen atoms in total. The molecule has 2 heteroatoms. The van der Waals surface area contributed by atoms with Gasteiger partial charge in [-0.25, -0.2) is 0 Å². The van der Waals surface area contributed by atoms with Crippen LogP contribution < -0.4 is 0 Å². The van der Waals surface area contributed by atoms with E-state index in [0.717, 1.165) is 25.4 Å². The van der Waals surface area contributed by atoms with Crippen molar-refractivity contribution in [1.82, 2.24) is 0 Å². The van der Waals surface area contributed by atoms with Crippen molar-refractivity contribution >= 4 is 5.71 Å². The van der Waals surface area contributed by atoms with Crippen LogP contribution in [0.1, 0.15) is 39.5 Å². The van der Waals surface area contributed by atoms with Crippen LogP contribution in [0.5, 0.6) is 0 Å². The number of oxime groups is 1. The summed E-state index contributed by atoms with van der Waals surface area (Å²) in [6, 6.07) is 0. The van der Waals surface area contributed by atoms with Crippen LogP contribution in [-0.2, 0) is 4.84 Å².